The van der Waals surface area contributed by atoms with Crippen molar-refractivity contribution in [3.8, 4) is 0 Å². The molecule has 0 aliphatic carbocycles. The van der Waals surface area contributed by atoms with Gasteiger partial charge in [0.1, 0.15) is 6.04 Å². The molecule has 0 spiro atoms. The predicted molar refractivity (Wildman–Crippen MR) is 68.1 cm³/mol. The molecule has 1 unspecified atom stereocenters. The topological polar surface area (TPSA) is 66.5 Å². The van der Waals surface area contributed by atoms with E-state index in [4.69, 9.17) is 0 Å². The summed E-state index contributed by atoms with van der Waals surface area (Å²) in [7, 11) is 0. The molecule has 1 saturated heterocycles. The molecule has 3 heterocycles. The van der Waals surface area contributed by atoms with Gasteiger partial charge in [-0.1, -0.05) is 0 Å². The van der Waals surface area contributed by atoms with E-state index in [2.05, 4.69) is 21.2 Å². The van der Waals surface area contributed by atoms with Crippen LogP contribution in [-0.2, 0) is 16.1 Å². The molecule has 0 radical (unpaired) electrons. The second-order valence-electron chi connectivity index (χ2n) is 4.31. The average molecular weight is 329 g/mol. The number of fused-ring (bicyclic) bond motifs is 1. The van der Waals surface area contributed by atoms with Gasteiger partial charge >= 0.3 is 0 Å². The largest absolute Gasteiger partial charge is 0.322 e. The quantitative estimate of drug-likeness (QED) is 0.789. The van der Waals surface area contributed by atoms with E-state index in [1.54, 1.807) is 4.90 Å². The van der Waals surface area contributed by atoms with Gasteiger partial charge in [-0.2, -0.15) is 0 Å². The lowest BCUT2D eigenvalue weighted by Crippen LogP contribution is -2.52. The third-order valence-electron chi connectivity index (χ3n) is 3.22. The summed E-state index contributed by atoms with van der Waals surface area (Å²) in [5.41, 5.74) is 1.60. The van der Waals surface area contributed by atoms with E-state index >= 15 is 0 Å². The molecule has 0 saturated carbocycles. The number of carbonyl (C=O) groups excluding carboxylic acids is 3. The van der Waals surface area contributed by atoms with E-state index < -0.39 is 6.04 Å². The van der Waals surface area contributed by atoms with E-state index in [0.717, 1.165) is 9.35 Å². The molecular formula is C11H9BrN2O3S. The Labute approximate surface area is 115 Å². The van der Waals surface area contributed by atoms with Crippen LogP contribution in [0.15, 0.2) is 9.17 Å². The zero-order valence-electron chi connectivity index (χ0n) is 9.23. The Kier molecular flexibility index (Phi) is 2.74. The molecule has 2 aliphatic rings. The molecule has 0 bridgehead atoms. The number of halogens is 1. The van der Waals surface area contributed by atoms with Gasteiger partial charge in [0.2, 0.25) is 11.8 Å². The molecule has 1 aromatic heterocycles. The molecule has 7 heteroatoms. The van der Waals surface area contributed by atoms with Gasteiger partial charge < -0.3 is 4.90 Å². The van der Waals surface area contributed by atoms with Crippen LogP contribution < -0.4 is 5.32 Å². The fourth-order valence-electron chi connectivity index (χ4n) is 2.33. The normalized spacial score (nSPS) is 23.3. The first-order valence-electron chi connectivity index (χ1n) is 5.48. The van der Waals surface area contributed by atoms with Crippen molar-refractivity contribution in [2.75, 3.05) is 0 Å². The van der Waals surface area contributed by atoms with Gasteiger partial charge in [-0.05, 0) is 33.3 Å². The number of hydrogen-bond donors (Lipinski definition) is 1. The molecule has 1 aromatic rings. The van der Waals surface area contributed by atoms with Crippen molar-refractivity contribution in [2.24, 2.45) is 0 Å². The van der Waals surface area contributed by atoms with Gasteiger partial charge in [0.05, 0.1) is 9.35 Å². The van der Waals surface area contributed by atoms with Gasteiger partial charge in [0.15, 0.2) is 0 Å². The summed E-state index contributed by atoms with van der Waals surface area (Å²) in [4.78, 5) is 36.6. The van der Waals surface area contributed by atoms with Crippen molar-refractivity contribution in [3.05, 3.63) is 20.3 Å². The Morgan fingerprint density at radius 2 is 2.17 bits per heavy atom. The fraction of sp³-hybridized carbons (Fsp3) is 0.364. The van der Waals surface area contributed by atoms with Gasteiger partial charge in [0, 0.05) is 13.0 Å². The highest BCUT2D eigenvalue weighted by atomic mass is 79.9. The molecule has 3 amide bonds. The lowest BCUT2D eigenvalue weighted by molar-refractivity contribution is -0.136. The number of thiophene rings is 1. The Morgan fingerprint density at radius 3 is 2.83 bits per heavy atom. The van der Waals surface area contributed by atoms with Crippen LogP contribution in [0.1, 0.15) is 28.8 Å². The first-order chi connectivity index (χ1) is 8.58. The smallest absolute Gasteiger partial charge is 0.257 e. The highest BCUT2D eigenvalue weighted by molar-refractivity contribution is 9.11. The van der Waals surface area contributed by atoms with E-state index in [-0.39, 0.29) is 24.1 Å². The number of amides is 3. The molecule has 18 heavy (non-hydrogen) atoms. The van der Waals surface area contributed by atoms with Crippen LogP contribution in [0.5, 0.6) is 0 Å². The third-order valence-corrected chi connectivity index (χ3v) is 4.99. The monoisotopic (exact) mass is 328 g/mol. The summed E-state index contributed by atoms with van der Waals surface area (Å²) in [6.45, 7) is 0.447. The highest BCUT2D eigenvalue weighted by Gasteiger charge is 2.40. The standard InChI is InChI=1S/C11H9BrN2O3S/c12-9-8-5(4-18-9)3-14(11(8)17)6-1-2-7(15)13-10(6)16/h4,6H,1-3H2,(H,13,15,16). The van der Waals surface area contributed by atoms with Gasteiger partial charge in [-0.25, -0.2) is 0 Å². The van der Waals surface area contributed by atoms with Crippen molar-refractivity contribution in [1.82, 2.24) is 10.2 Å². The molecule has 94 valence electrons. The maximum Gasteiger partial charge on any atom is 0.257 e. The van der Waals surface area contributed by atoms with Crippen LogP contribution >= 0.6 is 27.3 Å². The summed E-state index contributed by atoms with van der Waals surface area (Å²) in [6.07, 6.45) is 0.690. The number of hydrogen-bond acceptors (Lipinski definition) is 4. The number of piperidine rings is 1. The molecule has 1 N–H and O–H groups in total. The number of imide groups is 1. The summed E-state index contributed by atoms with van der Waals surface area (Å²) >= 11 is 4.83. The average Bonchev–Trinajstić information content (AvgIpc) is 2.82. The Morgan fingerprint density at radius 1 is 1.39 bits per heavy atom. The van der Waals surface area contributed by atoms with Crippen molar-refractivity contribution in [2.45, 2.75) is 25.4 Å². The second-order valence-corrected chi connectivity index (χ2v) is 6.51. The van der Waals surface area contributed by atoms with Crippen molar-refractivity contribution >= 4 is 45.0 Å². The minimum atomic E-state index is -0.528. The van der Waals surface area contributed by atoms with E-state index in [1.165, 1.54) is 11.3 Å². The molecule has 1 atom stereocenters. The third kappa shape index (κ3) is 1.69. The zero-order valence-corrected chi connectivity index (χ0v) is 11.6. The second kappa shape index (κ2) is 4.17. The minimum Gasteiger partial charge on any atom is -0.322 e. The highest BCUT2D eigenvalue weighted by Crippen LogP contribution is 2.36. The summed E-state index contributed by atoms with van der Waals surface area (Å²) in [5.74, 6) is -0.768. The van der Waals surface area contributed by atoms with E-state index in [9.17, 15) is 14.4 Å². The Bertz CT molecular complexity index is 569. The Hall–Kier alpha value is -1.21. The number of carbonyl (C=O) groups is 3. The molecule has 5 nitrogen and oxygen atoms in total. The molecule has 0 aromatic carbocycles. The molecular weight excluding hydrogens is 320 g/mol. The van der Waals surface area contributed by atoms with Crippen LogP contribution in [0.25, 0.3) is 0 Å². The van der Waals surface area contributed by atoms with Gasteiger partial charge in [-0.3, -0.25) is 19.7 Å². The first-order valence-corrected chi connectivity index (χ1v) is 7.15. The SMILES string of the molecule is O=C1CCC(N2Cc3csc(Br)c3C2=O)C(=O)N1. The summed E-state index contributed by atoms with van der Waals surface area (Å²) in [5, 5.41) is 4.20. The first kappa shape index (κ1) is 11.9. The van der Waals surface area contributed by atoms with E-state index in [0.29, 0.717) is 18.5 Å². The summed E-state index contributed by atoms with van der Waals surface area (Å²) < 4.78 is 0.803. The predicted octanol–water partition coefficient (Wildman–Crippen LogP) is 1.27. The number of nitrogens with one attached hydrogen (secondary N) is 1. The van der Waals surface area contributed by atoms with Crippen LogP contribution in [0.4, 0.5) is 0 Å². The van der Waals surface area contributed by atoms with Gasteiger partial charge in [0.25, 0.3) is 5.91 Å². The van der Waals surface area contributed by atoms with Crippen LogP contribution in [0.3, 0.4) is 0 Å². The van der Waals surface area contributed by atoms with Crippen molar-refractivity contribution in [1.29, 1.82) is 0 Å². The Balaban J connectivity index is 1.86. The van der Waals surface area contributed by atoms with Gasteiger partial charge in [-0.15, -0.1) is 11.3 Å². The number of nitrogens with zero attached hydrogens (tertiary/aromatic N) is 1. The molecule has 3 rings (SSSR count). The summed E-state index contributed by atoms with van der Waals surface area (Å²) in [6, 6.07) is -0.528. The van der Waals surface area contributed by atoms with E-state index in [1.807, 2.05) is 5.38 Å². The lowest BCUT2D eigenvalue weighted by atomic mass is 10.0. The molecule has 1 fully saturated rings. The van der Waals surface area contributed by atoms with Crippen molar-refractivity contribution in [3.63, 3.8) is 0 Å². The van der Waals surface area contributed by atoms with Crippen molar-refractivity contribution < 1.29 is 14.4 Å². The zero-order chi connectivity index (χ0) is 12.9. The fourth-order valence-corrected chi connectivity index (χ4v) is 3.81. The molecule has 2 aliphatic heterocycles. The lowest BCUT2D eigenvalue weighted by Gasteiger charge is -2.29. The maximum absolute atomic E-state index is 12.2. The maximum atomic E-state index is 12.2. The van der Waals surface area contributed by atoms with Crippen LogP contribution in [0, 0.1) is 0 Å². The van der Waals surface area contributed by atoms with Crippen LogP contribution in [0.2, 0.25) is 0 Å². The minimum absolute atomic E-state index is 0.132. The van der Waals surface area contributed by atoms with Crippen LogP contribution in [-0.4, -0.2) is 28.7 Å². The number of rotatable bonds is 1.